The summed E-state index contributed by atoms with van der Waals surface area (Å²) in [5.41, 5.74) is -4.71. The maximum atomic E-state index is 13.9. The van der Waals surface area contributed by atoms with Gasteiger partial charge in [0, 0.05) is 12.3 Å². The van der Waals surface area contributed by atoms with Gasteiger partial charge in [-0.05, 0) is 32.0 Å². The molecule has 0 bridgehead atoms. The Morgan fingerprint density at radius 3 is 2.40 bits per heavy atom. The van der Waals surface area contributed by atoms with E-state index in [1.165, 1.54) is 7.11 Å². The molecule has 30 heavy (non-hydrogen) atoms. The topological polar surface area (TPSA) is 97.9 Å². The molecule has 8 heteroatoms. The van der Waals surface area contributed by atoms with E-state index < -0.39 is 54.6 Å². The molecule has 0 aromatic rings. The molecule has 4 aliphatic rings. The summed E-state index contributed by atoms with van der Waals surface area (Å²) < 4.78 is 23.6. The molecule has 1 saturated carbocycles. The number of ketones is 1. The number of aliphatic hydroxyl groups is 1. The SMILES string of the molecule is COC(=O)[C@]12C(=O)C[C@@H]([C@@]3(C)CO3)[C@@H](O)[C@@]13O[C@@]3(C)C=C[C@H]2O[Si](C)(C)C(C)(C)C. The van der Waals surface area contributed by atoms with E-state index in [1.54, 1.807) is 13.0 Å². The number of hydrogen-bond acceptors (Lipinski definition) is 7. The number of epoxide rings is 2. The normalized spacial score (nSPS) is 47.4. The van der Waals surface area contributed by atoms with Crippen molar-refractivity contribution in [3.05, 3.63) is 12.2 Å². The van der Waals surface area contributed by atoms with Crippen LogP contribution in [-0.4, -0.2) is 67.9 Å². The van der Waals surface area contributed by atoms with E-state index in [1.807, 2.05) is 13.0 Å². The van der Waals surface area contributed by atoms with Gasteiger partial charge in [0.05, 0.1) is 31.5 Å². The Bertz CT molecular complexity index is 826. The van der Waals surface area contributed by atoms with E-state index in [0.29, 0.717) is 6.61 Å². The molecule has 0 aromatic heterocycles. The number of carbonyl (C=O) groups is 2. The second kappa shape index (κ2) is 6.04. The first-order valence-corrected chi connectivity index (χ1v) is 13.5. The molecular weight excluding hydrogens is 404 g/mol. The van der Waals surface area contributed by atoms with E-state index in [4.69, 9.17) is 18.6 Å². The van der Waals surface area contributed by atoms with Crippen molar-refractivity contribution >= 4 is 20.1 Å². The van der Waals surface area contributed by atoms with Crippen LogP contribution in [0.1, 0.15) is 41.0 Å². The number of ether oxygens (including phenoxy) is 3. The standard InChI is InChI=1S/C22H34O7Si/c1-18(2,3)30(7,8)28-15-9-10-20(5)22(29-20)16(24)13(19(4)12-27-19)11-14(23)21(15,22)17(25)26-6/h9-10,13,15-16,24H,11-12H2,1-8H3/t13-,15-,16-,19-,20+,21-,22+/m1/s1. The van der Waals surface area contributed by atoms with Crippen LogP contribution in [0.3, 0.4) is 0 Å². The van der Waals surface area contributed by atoms with Crippen molar-refractivity contribution in [1.29, 1.82) is 0 Å². The van der Waals surface area contributed by atoms with Crippen LogP contribution in [0, 0.1) is 11.3 Å². The van der Waals surface area contributed by atoms with Gasteiger partial charge >= 0.3 is 5.97 Å². The van der Waals surface area contributed by atoms with Crippen LogP contribution >= 0.6 is 0 Å². The molecule has 2 aliphatic carbocycles. The van der Waals surface area contributed by atoms with E-state index >= 15 is 0 Å². The van der Waals surface area contributed by atoms with Crippen LogP contribution in [0.15, 0.2) is 12.2 Å². The van der Waals surface area contributed by atoms with Crippen molar-refractivity contribution < 1.29 is 33.3 Å². The van der Waals surface area contributed by atoms with Gasteiger partial charge in [-0.2, -0.15) is 0 Å². The summed E-state index contributed by atoms with van der Waals surface area (Å²) in [5, 5.41) is 11.4. The highest BCUT2D eigenvalue weighted by molar-refractivity contribution is 6.74. The van der Waals surface area contributed by atoms with Gasteiger partial charge in [0.2, 0.25) is 0 Å². The molecular formula is C22H34O7Si. The molecule has 168 valence electrons. The lowest BCUT2D eigenvalue weighted by Crippen LogP contribution is -2.72. The van der Waals surface area contributed by atoms with Crippen molar-refractivity contribution in [2.75, 3.05) is 13.7 Å². The lowest BCUT2D eigenvalue weighted by molar-refractivity contribution is -0.188. The highest BCUT2D eigenvalue weighted by Gasteiger charge is 2.90. The quantitative estimate of drug-likeness (QED) is 0.237. The van der Waals surface area contributed by atoms with Crippen LogP contribution in [0.25, 0.3) is 0 Å². The second-order valence-electron chi connectivity index (χ2n) is 11.2. The molecule has 7 nitrogen and oxygen atoms in total. The van der Waals surface area contributed by atoms with Crippen LogP contribution in [0.4, 0.5) is 0 Å². The Morgan fingerprint density at radius 1 is 1.30 bits per heavy atom. The lowest BCUT2D eigenvalue weighted by Gasteiger charge is -2.52. The van der Waals surface area contributed by atoms with Gasteiger partial charge < -0.3 is 23.7 Å². The Labute approximate surface area is 179 Å². The van der Waals surface area contributed by atoms with E-state index in [0.717, 1.165) is 0 Å². The van der Waals surface area contributed by atoms with Gasteiger partial charge in [-0.1, -0.05) is 32.9 Å². The molecule has 2 aliphatic heterocycles. The molecule has 0 amide bonds. The minimum absolute atomic E-state index is 0.0131. The van der Waals surface area contributed by atoms with Gasteiger partial charge in [0.25, 0.3) is 0 Å². The Balaban J connectivity index is 1.87. The van der Waals surface area contributed by atoms with E-state index in [2.05, 4.69) is 33.9 Å². The molecule has 4 rings (SSSR count). The fourth-order valence-electron chi connectivity index (χ4n) is 5.32. The fourth-order valence-corrected chi connectivity index (χ4v) is 6.56. The maximum Gasteiger partial charge on any atom is 0.325 e. The van der Waals surface area contributed by atoms with Crippen LogP contribution in [0.5, 0.6) is 0 Å². The third-order valence-electron chi connectivity index (χ3n) is 8.43. The van der Waals surface area contributed by atoms with Crippen molar-refractivity contribution in [1.82, 2.24) is 0 Å². The van der Waals surface area contributed by atoms with Gasteiger partial charge in [-0.15, -0.1) is 0 Å². The average molecular weight is 439 g/mol. The summed E-state index contributed by atoms with van der Waals surface area (Å²) in [4.78, 5) is 27.3. The molecule has 7 atom stereocenters. The summed E-state index contributed by atoms with van der Waals surface area (Å²) in [7, 11) is -1.11. The van der Waals surface area contributed by atoms with Crippen molar-refractivity contribution in [3.8, 4) is 0 Å². The maximum absolute atomic E-state index is 13.9. The zero-order valence-corrected chi connectivity index (χ0v) is 20.2. The predicted molar refractivity (Wildman–Crippen MR) is 111 cm³/mol. The smallest absolute Gasteiger partial charge is 0.325 e. The minimum Gasteiger partial charge on any atom is -0.468 e. The molecule has 1 spiro atoms. The number of esters is 1. The zero-order chi connectivity index (χ0) is 22.5. The Kier molecular flexibility index (Phi) is 4.46. The molecule has 0 radical (unpaired) electrons. The van der Waals surface area contributed by atoms with E-state index in [-0.39, 0.29) is 17.2 Å². The summed E-state index contributed by atoms with van der Waals surface area (Å²) in [5.74, 6) is -1.47. The summed E-state index contributed by atoms with van der Waals surface area (Å²) in [6, 6.07) is 0. The molecule has 0 unspecified atom stereocenters. The third-order valence-corrected chi connectivity index (χ3v) is 12.9. The van der Waals surface area contributed by atoms with Gasteiger partial charge in [0.1, 0.15) is 5.60 Å². The number of hydrogen-bond donors (Lipinski definition) is 1. The zero-order valence-electron chi connectivity index (χ0n) is 19.2. The van der Waals surface area contributed by atoms with Gasteiger partial charge in [-0.25, -0.2) is 0 Å². The first-order valence-electron chi connectivity index (χ1n) is 10.6. The summed E-state index contributed by atoms with van der Waals surface area (Å²) in [6.07, 6.45) is 1.68. The van der Waals surface area contributed by atoms with Crippen molar-refractivity contribution in [3.63, 3.8) is 0 Å². The van der Waals surface area contributed by atoms with E-state index in [9.17, 15) is 14.7 Å². The number of aliphatic hydroxyl groups excluding tert-OH is 1. The van der Waals surface area contributed by atoms with Crippen molar-refractivity contribution in [2.24, 2.45) is 11.3 Å². The van der Waals surface area contributed by atoms with Crippen LogP contribution in [-0.2, 0) is 28.2 Å². The predicted octanol–water partition coefficient (Wildman–Crippen LogP) is 2.37. The highest BCUT2D eigenvalue weighted by atomic mass is 28.4. The number of rotatable bonds is 4. The van der Waals surface area contributed by atoms with Crippen LogP contribution < -0.4 is 0 Å². The third kappa shape index (κ3) is 2.45. The number of methoxy groups -OCH3 is 1. The van der Waals surface area contributed by atoms with Crippen molar-refractivity contribution in [2.45, 2.75) is 88.2 Å². The summed E-state index contributed by atoms with van der Waals surface area (Å²) >= 11 is 0. The second-order valence-corrected chi connectivity index (χ2v) is 15.9. The largest absolute Gasteiger partial charge is 0.468 e. The fraction of sp³-hybridized carbons (Fsp3) is 0.818. The first-order chi connectivity index (χ1) is 13.6. The molecule has 2 saturated heterocycles. The average Bonchev–Trinajstić information content (AvgIpc) is 3.52. The molecule has 2 heterocycles. The summed E-state index contributed by atoms with van der Waals surface area (Å²) in [6.45, 7) is 14.6. The Morgan fingerprint density at radius 2 is 1.90 bits per heavy atom. The Hall–Kier alpha value is -1.06. The first kappa shape index (κ1) is 22.1. The number of carbonyl (C=O) groups excluding carboxylic acids is 2. The number of Topliss-reactive ketones (excluding diaryl/α,β-unsaturated/α-hetero) is 1. The molecule has 1 N–H and O–H groups in total. The van der Waals surface area contributed by atoms with Crippen LogP contribution in [0.2, 0.25) is 18.1 Å². The lowest BCUT2D eigenvalue weighted by atomic mass is 9.51. The van der Waals surface area contributed by atoms with Gasteiger partial charge in [0.15, 0.2) is 25.1 Å². The highest BCUT2D eigenvalue weighted by Crippen LogP contribution is 2.70. The minimum atomic E-state index is -2.38. The van der Waals surface area contributed by atoms with Gasteiger partial charge in [-0.3, -0.25) is 9.59 Å². The monoisotopic (exact) mass is 438 g/mol. The molecule has 0 aromatic carbocycles. The molecule has 3 fully saturated rings.